The number of ether oxygens (including phenoxy) is 1. The number of aliphatic carboxylic acids is 1. The maximum atomic E-state index is 12.0. The topological polar surface area (TPSA) is 80.7 Å². The molecule has 3 atom stereocenters. The molecule has 0 unspecified atom stereocenters. The molecule has 0 aliphatic heterocycles. The molecule has 21 heavy (non-hydrogen) atoms. The van der Waals surface area contributed by atoms with Crippen LogP contribution in [-0.2, 0) is 25.8 Å². The molecule has 0 spiro atoms. The van der Waals surface area contributed by atoms with Crippen molar-refractivity contribution in [2.24, 2.45) is 5.41 Å². The third-order valence-corrected chi connectivity index (χ3v) is 5.86. The third kappa shape index (κ3) is 2.58. The van der Waals surface area contributed by atoms with Crippen LogP contribution in [0, 0.1) is 5.41 Å². The van der Waals surface area contributed by atoms with Crippen LogP contribution in [0.1, 0.15) is 24.0 Å². The second-order valence-corrected chi connectivity index (χ2v) is 7.77. The fraction of sp³-hybridized carbons (Fsp3) is 0.533. The van der Waals surface area contributed by atoms with Crippen molar-refractivity contribution in [2.45, 2.75) is 24.5 Å². The van der Waals surface area contributed by atoms with Crippen LogP contribution in [0.5, 0.6) is 0 Å². The van der Waals surface area contributed by atoms with Gasteiger partial charge in [-0.25, -0.2) is 8.42 Å². The minimum Gasteiger partial charge on any atom is -0.481 e. The Morgan fingerprint density at radius 3 is 2.29 bits per heavy atom. The minimum atomic E-state index is -3.48. The van der Waals surface area contributed by atoms with Crippen molar-refractivity contribution >= 4 is 15.8 Å². The molecule has 0 radical (unpaired) electrons. The van der Waals surface area contributed by atoms with E-state index in [4.69, 9.17) is 4.74 Å². The number of carbonyl (C=O) groups is 1. The number of hydrogen-bond donors (Lipinski definition) is 1. The Labute approximate surface area is 124 Å². The van der Waals surface area contributed by atoms with E-state index in [9.17, 15) is 18.3 Å². The second-order valence-electron chi connectivity index (χ2n) is 5.60. The SMILES string of the molecule is CCc1ccc([C@@H]2[C@@H](S(C)(=O)=O)[C@]2(COC)C(=O)O)cc1. The third-order valence-electron chi connectivity index (χ3n) is 4.25. The lowest BCUT2D eigenvalue weighted by Crippen LogP contribution is -2.28. The molecule has 0 bridgehead atoms. The van der Waals surface area contributed by atoms with Gasteiger partial charge in [0.2, 0.25) is 0 Å². The predicted molar refractivity (Wildman–Crippen MR) is 79.1 cm³/mol. The molecule has 1 aliphatic rings. The van der Waals surface area contributed by atoms with Crippen molar-refractivity contribution in [1.29, 1.82) is 0 Å². The summed E-state index contributed by atoms with van der Waals surface area (Å²) < 4.78 is 29.0. The van der Waals surface area contributed by atoms with Gasteiger partial charge in [0.25, 0.3) is 0 Å². The number of carboxylic acids is 1. The van der Waals surface area contributed by atoms with Crippen LogP contribution in [0.25, 0.3) is 0 Å². The average Bonchev–Trinajstić information content (AvgIpc) is 3.10. The quantitative estimate of drug-likeness (QED) is 0.860. The zero-order valence-corrected chi connectivity index (χ0v) is 13.2. The van der Waals surface area contributed by atoms with Crippen LogP contribution < -0.4 is 0 Å². The summed E-state index contributed by atoms with van der Waals surface area (Å²) in [5.74, 6) is -1.68. The van der Waals surface area contributed by atoms with E-state index < -0.39 is 32.4 Å². The first-order chi connectivity index (χ1) is 9.79. The standard InChI is InChI=1S/C15H20O5S/c1-4-10-5-7-11(8-6-10)12-13(21(3,18)19)15(12,9-20-2)14(16)17/h5-8,12-13H,4,9H2,1-3H3,(H,16,17)/t12-,13-,15-/m1/s1. The average molecular weight is 312 g/mol. The Bertz CT molecular complexity index is 635. The molecule has 116 valence electrons. The number of aryl methyl sites for hydroxylation is 1. The van der Waals surface area contributed by atoms with Gasteiger partial charge >= 0.3 is 5.97 Å². The summed E-state index contributed by atoms with van der Waals surface area (Å²) >= 11 is 0. The van der Waals surface area contributed by atoms with Gasteiger partial charge in [-0.3, -0.25) is 4.79 Å². The summed E-state index contributed by atoms with van der Waals surface area (Å²) in [7, 11) is -2.09. The van der Waals surface area contributed by atoms with Crippen LogP contribution in [0.3, 0.4) is 0 Å². The van der Waals surface area contributed by atoms with Crippen molar-refractivity contribution in [2.75, 3.05) is 20.0 Å². The zero-order valence-electron chi connectivity index (χ0n) is 12.4. The molecule has 0 aromatic heterocycles. The monoisotopic (exact) mass is 312 g/mol. The van der Waals surface area contributed by atoms with Gasteiger partial charge in [0.1, 0.15) is 5.41 Å². The smallest absolute Gasteiger partial charge is 0.314 e. The van der Waals surface area contributed by atoms with Crippen LogP contribution in [0.4, 0.5) is 0 Å². The van der Waals surface area contributed by atoms with E-state index >= 15 is 0 Å². The number of hydrogen-bond acceptors (Lipinski definition) is 4. The molecule has 1 saturated carbocycles. The Hall–Kier alpha value is -1.40. The Kier molecular flexibility index (Phi) is 4.13. The normalized spacial score (nSPS) is 28.3. The summed E-state index contributed by atoms with van der Waals surface area (Å²) in [5, 5.41) is 8.62. The maximum absolute atomic E-state index is 12.0. The molecule has 1 aromatic carbocycles. The lowest BCUT2D eigenvalue weighted by Gasteiger charge is -2.11. The van der Waals surface area contributed by atoms with E-state index in [0.29, 0.717) is 0 Å². The number of sulfone groups is 1. The highest BCUT2D eigenvalue weighted by Crippen LogP contribution is 2.63. The van der Waals surface area contributed by atoms with E-state index in [1.165, 1.54) is 7.11 Å². The van der Waals surface area contributed by atoms with Gasteiger partial charge < -0.3 is 9.84 Å². The lowest BCUT2D eigenvalue weighted by atomic mass is 9.99. The van der Waals surface area contributed by atoms with Crippen LogP contribution in [0.2, 0.25) is 0 Å². The maximum Gasteiger partial charge on any atom is 0.314 e. The molecule has 1 fully saturated rings. The Morgan fingerprint density at radius 1 is 1.33 bits per heavy atom. The van der Waals surface area contributed by atoms with Gasteiger partial charge in [-0.2, -0.15) is 0 Å². The molecular formula is C15H20O5S. The molecule has 0 amide bonds. The fourth-order valence-electron chi connectivity index (χ4n) is 3.19. The molecule has 5 nitrogen and oxygen atoms in total. The number of benzene rings is 1. The summed E-state index contributed by atoms with van der Waals surface area (Å²) in [6.45, 7) is 1.91. The summed E-state index contributed by atoms with van der Waals surface area (Å²) in [5.41, 5.74) is 0.487. The second kappa shape index (κ2) is 5.42. The molecule has 1 aromatic rings. The summed E-state index contributed by atoms with van der Waals surface area (Å²) in [4.78, 5) is 11.7. The van der Waals surface area contributed by atoms with Crippen molar-refractivity contribution < 1.29 is 23.1 Å². The highest BCUT2D eigenvalue weighted by Gasteiger charge is 2.74. The van der Waals surface area contributed by atoms with Crippen molar-refractivity contribution in [3.8, 4) is 0 Å². The highest BCUT2D eigenvalue weighted by atomic mass is 32.2. The van der Waals surface area contributed by atoms with Gasteiger partial charge in [0.05, 0.1) is 11.9 Å². The van der Waals surface area contributed by atoms with Crippen molar-refractivity contribution in [3.63, 3.8) is 0 Å². The highest BCUT2D eigenvalue weighted by molar-refractivity contribution is 7.91. The van der Waals surface area contributed by atoms with E-state index in [1.807, 2.05) is 31.2 Å². The van der Waals surface area contributed by atoms with E-state index in [2.05, 4.69) is 0 Å². The first-order valence-corrected chi connectivity index (χ1v) is 8.74. The van der Waals surface area contributed by atoms with Gasteiger partial charge in [0.15, 0.2) is 9.84 Å². The fourth-order valence-corrected chi connectivity index (χ4v) is 5.09. The molecule has 1 aliphatic carbocycles. The first-order valence-electron chi connectivity index (χ1n) is 6.79. The Morgan fingerprint density at radius 2 is 1.90 bits per heavy atom. The predicted octanol–water partition coefficient (Wildman–Crippen LogP) is 1.48. The molecule has 6 heteroatoms. The largest absolute Gasteiger partial charge is 0.481 e. The molecule has 2 rings (SSSR count). The molecular weight excluding hydrogens is 292 g/mol. The van der Waals surface area contributed by atoms with E-state index in [1.54, 1.807) is 0 Å². The minimum absolute atomic E-state index is 0.111. The van der Waals surface area contributed by atoms with E-state index in [-0.39, 0.29) is 6.61 Å². The van der Waals surface area contributed by atoms with Crippen molar-refractivity contribution in [3.05, 3.63) is 35.4 Å². The molecule has 0 saturated heterocycles. The lowest BCUT2D eigenvalue weighted by molar-refractivity contribution is -0.145. The number of methoxy groups -OCH3 is 1. The first kappa shape index (κ1) is 16.0. The van der Waals surface area contributed by atoms with Crippen molar-refractivity contribution in [1.82, 2.24) is 0 Å². The van der Waals surface area contributed by atoms with Gasteiger partial charge in [-0.05, 0) is 17.5 Å². The van der Waals surface area contributed by atoms with E-state index in [0.717, 1.165) is 23.8 Å². The molecule has 1 N–H and O–H groups in total. The zero-order chi connectivity index (χ0) is 15.8. The molecule has 0 heterocycles. The number of carboxylic acid groups (broad SMARTS) is 1. The van der Waals surface area contributed by atoms with Gasteiger partial charge in [0, 0.05) is 19.3 Å². The van der Waals surface area contributed by atoms with Gasteiger partial charge in [-0.1, -0.05) is 31.2 Å². The van der Waals surface area contributed by atoms with Crippen LogP contribution >= 0.6 is 0 Å². The number of rotatable bonds is 6. The Balaban J connectivity index is 2.46. The van der Waals surface area contributed by atoms with Crippen LogP contribution in [0.15, 0.2) is 24.3 Å². The summed E-state index contributed by atoms with van der Waals surface area (Å²) in [6, 6.07) is 7.46. The van der Waals surface area contributed by atoms with Gasteiger partial charge in [-0.15, -0.1) is 0 Å². The summed E-state index contributed by atoms with van der Waals surface area (Å²) in [6.07, 6.45) is 1.97. The van der Waals surface area contributed by atoms with Crippen LogP contribution in [-0.4, -0.2) is 44.7 Å².